The molecular formula is C20H26O4. The van der Waals surface area contributed by atoms with E-state index in [0.29, 0.717) is 5.57 Å². The van der Waals surface area contributed by atoms with Gasteiger partial charge >= 0.3 is 5.97 Å². The van der Waals surface area contributed by atoms with Crippen LogP contribution in [0.5, 0.6) is 0 Å². The summed E-state index contributed by atoms with van der Waals surface area (Å²) in [5, 5.41) is 9.39. The number of carbonyl (C=O) groups is 2. The molecule has 0 bridgehead atoms. The van der Waals surface area contributed by atoms with Gasteiger partial charge in [0.2, 0.25) is 6.29 Å². The molecule has 3 rings (SSSR count). The second kappa shape index (κ2) is 5.69. The molecule has 0 spiro atoms. The van der Waals surface area contributed by atoms with Crippen LogP contribution in [-0.4, -0.2) is 23.1 Å². The van der Waals surface area contributed by atoms with Gasteiger partial charge in [-0.2, -0.15) is 0 Å². The van der Waals surface area contributed by atoms with Crippen molar-refractivity contribution in [2.75, 3.05) is 0 Å². The Bertz CT molecular complexity index is 667. The molecule has 1 heterocycles. The van der Waals surface area contributed by atoms with Gasteiger partial charge in [0.05, 0.1) is 5.57 Å². The molecule has 0 amide bonds. The highest BCUT2D eigenvalue weighted by atomic mass is 16.6. The first-order valence-corrected chi connectivity index (χ1v) is 8.66. The first-order chi connectivity index (χ1) is 11.1. The third-order valence-corrected chi connectivity index (χ3v) is 6.09. The highest BCUT2D eigenvalue weighted by Crippen LogP contribution is 2.58. The smallest absolute Gasteiger partial charge is 0.340 e. The molecule has 1 aliphatic heterocycles. The Hall–Kier alpha value is -1.68. The monoisotopic (exact) mass is 330 g/mol. The van der Waals surface area contributed by atoms with Crippen LogP contribution in [-0.2, 0) is 14.3 Å². The standard InChI is InChI=1S/C20H26O4/c1-12-10-15(21)17-19(2,3)8-5-9-20(17,4)14(12)7-6-13-11-16(22)24-18(13)23/h6-7,10-11,14,16-17,22H,5,8-9H2,1-4H3/b7-6+/t14?,16?,17-,20+/m0/s1. The molecule has 1 saturated carbocycles. The molecule has 130 valence electrons. The number of hydrogen-bond donors (Lipinski definition) is 1. The van der Waals surface area contributed by atoms with Crippen molar-refractivity contribution >= 4 is 11.8 Å². The van der Waals surface area contributed by atoms with Crippen LogP contribution >= 0.6 is 0 Å². The molecular weight excluding hydrogens is 304 g/mol. The van der Waals surface area contributed by atoms with Crippen LogP contribution in [0.1, 0.15) is 47.0 Å². The highest BCUT2D eigenvalue weighted by molar-refractivity contribution is 5.95. The van der Waals surface area contributed by atoms with Crippen LogP contribution in [0.2, 0.25) is 0 Å². The van der Waals surface area contributed by atoms with Crippen LogP contribution in [0.3, 0.4) is 0 Å². The Morgan fingerprint density at radius 2 is 1.96 bits per heavy atom. The van der Waals surface area contributed by atoms with Gasteiger partial charge in [-0.3, -0.25) is 4.79 Å². The molecule has 0 saturated heterocycles. The number of cyclic esters (lactones) is 1. The summed E-state index contributed by atoms with van der Waals surface area (Å²) in [6.07, 6.45) is 8.96. The number of ketones is 1. The molecule has 0 aromatic rings. The number of ether oxygens (including phenoxy) is 1. The van der Waals surface area contributed by atoms with Crippen LogP contribution in [0.25, 0.3) is 0 Å². The molecule has 1 fully saturated rings. The van der Waals surface area contributed by atoms with E-state index < -0.39 is 12.3 Å². The third kappa shape index (κ3) is 2.67. The Balaban J connectivity index is 1.97. The maximum absolute atomic E-state index is 12.7. The van der Waals surface area contributed by atoms with Gasteiger partial charge in [0.15, 0.2) is 5.78 Å². The van der Waals surface area contributed by atoms with E-state index in [2.05, 4.69) is 20.8 Å². The van der Waals surface area contributed by atoms with Crippen molar-refractivity contribution in [2.45, 2.75) is 53.2 Å². The molecule has 2 unspecified atom stereocenters. The summed E-state index contributed by atoms with van der Waals surface area (Å²) in [4.78, 5) is 24.4. The normalized spacial score (nSPS) is 38.6. The summed E-state index contributed by atoms with van der Waals surface area (Å²) in [7, 11) is 0. The zero-order chi connectivity index (χ0) is 17.7. The lowest BCUT2D eigenvalue weighted by Crippen LogP contribution is -2.52. The fourth-order valence-electron chi connectivity index (χ4n) is 5.20. The van der Waals surface area contributed by atoms with Gasteiger partial charge in [-0.25, -0.2) is 4.79 Å². The van der Waals surface area contributed by atoms with Gasteiger partial charge < -0.3 is 9.84 Å². The molecule has 4 atom stereocenters. The maximum Gasteiger partial charge on any atom is 0.340 e. The van der Waals surface area contributed by atoms with Gasteiger partial charge in [0, 0.05) is 11.8 Å². The first-order valence-electron chi connectivity index (χ1n) is 8.66. The van der Waals surface area contributed by atoms with Crippen molar-refractivity contribution in [2.24, 2.45) is 22.7 Å². The predicted octanol–water partition coefficient (Wildman–Crippen LogP) is 3.32. The van der Waals surface area contributed by atoms with Crippen molar-refractivity contribution in [3.8, 4) is 0 Å². The molecule has 4 heteroatoms. The minimum absolute atomic E-state index is 0.00722. The number of aliphatic hydroxyl groups is 1. The average molecular weight is 330 g/mol. The van der Waals surface area contributed by atoms with Crippen molar-refractivity contribution in [3.63, 3.8) is 0 Å². The number of aliphatic hydroxyl groups excluding tert-OH is 1. The quantitative estimate of drug-likeness (QED) is 0.789. The lowest BCUT2D eigenvalue weighted by Gasteiger charge is -2.55. The predicted molar refractivity (Wildman–Crippen MR) is 90.8 cm³/mol. The molecule has 24 heavy (non-hydrogen) atoms. The summed E-state index contributed by atoms with van der Waals surface area (Å²) in [5.41, 5.74) is 1.26. The van der Waals surface area contributed by atoms with E-state index in [1.165, 1.54) is 6.08 Å². The molecule has 1 N–H and O–H groups in total. The summed E-state index contributed by atoms with van der Waals surface area (Å²) in [5.74, 6) is -0.171. The molecule has 2 aliphatic carbocycles. The fourth-order valence-corrected chi connectivity index (χ4v) is 5.20. The van der Waals surface area contributed by atoms with Crippen molar-refractivity contribution in [1.82, 2.24) is 0 Å². The van der Waals surface area contributed by atoms with E-state index in [1.807, 2.05) is 13.0 Å². The van der Waals surface area contributed by atoms with Crippen LogP contribution < -0.4 is 0 Å². The van der Waals surface area contributed by atoms with Crippen molar-refractivity contribution in [3.05, 3.63) is 35.5 Å². The van der Waals surface area contributed by atoms with Crippen LogP contribution in [0.4, 0.5) is 0 Å². The number of allylic oxidation sites excluding steroid dienone is 3. The number of hydrogen-bond acceptors (Lipinski definition) is 4. The first kappa shape index (κ1) is 17.2. The number of esters is 1. The summed E-state index contributed by atoms with van der Waals surface area (Å²) in [6.45, 7) is 8.58. The SMILES string of the molecule is CC1=CC(=O)[C@H]2C(C)(C)CCC[C@]2(C)C1/C=C/C1=CC(O)OC1=O. The lowest BCUT2D eigenvalue weighted by molar-refractivity contribution is -0.151. The van der Waals surface area contributed by atoms with E-state index >= 15 is 0 Å². The second-order valence-corrected chi connectivity index (χ2v) is 8.33. The highest BCUT2D eigenvalue weighted by Gasteiger charge is 2.54. The minimum Gasteiger partial charge on any atom is -0.429 e. The zero-order valence-electron chi connectivity index (χ0n) is 14.8. The van der Waals surface area contributed by atoms with E-state index in [-0.39, 0.29) is 28.4 Å². The van der Waals surface area contributed by atoms with Gasteiger partial charge in [-0.1, -0.05) is 44.9 Å². The van der Waals surface area contributed by atoms with Gasteiger partial charge in [0.1, 0.15) is 0 Å². The van der Waals surface area contributed by atoms with E-state index in [4.69, 9.17) is 4.74 Å². The number of fused-ring (bicyclic) bond motifs is 1. The Morgan fingerprint density at radius 3 is 2.58 bits per heavy atom. The Morgan fingerprint density at radius 1 is 1.25 bits per heavy atom. The largest absolute Gasteiger partial charge is 0.429 e. The molecule has 0 aromatic heterocycles. The van der Waals surface area contributed by atoms with Crippen molar-refractivity contribution < 1.29 is 19.4 Å². The number of carbonyl (C=O) groups excluding carboxylic acids is 2. The summed E-state index contributed by atoms with van der Waals surface area (Å²) >= 11 is 0. The molecule has 4 nitrogen and oxygen atoms in total. The summed E-state index contributed by atoms with van der Waals surface area (Å²) in [6, 6.07) is 0. The fraction of sp³-hybridized carbons (Fsp3) is 0.600. The van der Waals surface area contributed by atoms with Crippen molar-refractivity contribution in [1.29, 1.82) is 0 Å². The van der Waals surface area contributed by atoms with Crippen LogP contribution in [0.15, 0.2) is 35.5 Å². The Kier molecular flexibility index (Phi) is 4.07. The molecule has 0 aromatic carbocycles. The van der Waals surface area contributed by atoms with E-state index in [1.54, 1.807) is 12.2 Å². The third-order valence-electron chi connectivity index (χ3n) is 6.09. The molecule has 3 aliphatic rings. The topological polar surface area (TPSA) is 63.6 Å². The number of rotatable bonds is 2. The zero-order valence-corrected chi connectivity index (χ0v) is 14.8. The lowest BCUT2D eigenvalue weighted by atomic mass is 9.48. The minimum atomic E-state index is -1.15. The Labute approximate surface area is 143 Å². The van der Waals surface area contributed by atoms with Gasteiger partial charge in [0.25, 0.3) is 0 Å². The molecule has 0 radical (unpaired) electrons. The average Bonchev–Trinajstić information content (AvgIpc) is 2.74. The second-order valence-electron chi connectivity index (χ2n) is 8.33. The van der Waals surface area contributed by atoms with Crippen LogP contribution in [0, 0.1) is 22.7 Å². The maximum atomic E-state index is 12.7. The van der Waals surface area contributed by atoms with E-state index in [9.17, 15) is 14.7 Å². The summed E-state index contributed by atoms with van der Waals surface area (Å²) < 4.78 is 4.73. The van der Waals surface area contributed by atoms with E-state index in [0.717, 1.165) is 24.8 Å². The van der Waals surface area contributed by atoms with Gasteiger partial charge in [-0.05, 0) is 42.7 Å². The van der Waals surface area contributed by atoms with Gasteiger partial charge in [-0.15, -0.1) is 0 Å².